The Morgan fingerprint density at radius 2 is 1.89 bits per heavy atom. The van der Waals surface area contributed by atoms with E-state index in [4.69, 9.17) is 4.74 Å². The Morgan fingerprint density at radius 1 is 1.07 bits per heavy atom. The quantitative estimate of drug-likeness (QED) is 0.268. The predicted molar refractivity (Wildman–Crippen MR) is 164 cm³/mol. The Bertz CT molecular complexity index is 1870. The number of aromatic nitrogens is 3. The zero-order chi connectivity index (χ0) is 31.1. The molecule has 3 aromatic heterocycles. The van der Waals surface area contributed by atoms with E-state index in [2.05, 4.69) is 25.6 Å². The van der Waals surface area contributed by atoms with Gasteiger partial charge in [-0.15, -0.1) is 0 Å². The molecule has 5 heterocycles. The van der Waals surface area contributed by atoms with Gasteiger partial charge in [0.25, 0.3) is 5.91 Å². The molecule has 3 N–H and O–H groups in total. The standard InChI is InChI=1S/C31H30N6O6S/c1-19(39)34-27-13-26(35-28-11-21(12-29(36-28)44(2,41)42)31(17-38)9-10-43-18-31)24(15-33-27)25-8-7-22(14-32-25)37-16-20-5-3-4-6-23(20)30(37)40/h3-8,11-15,38H,9-10,16-18H2,1-2H3,(H2,33,34,35,36,39). The van der Waals surface area contributed by atoms with Gasteiger partial charge in [0, 0.05) is 48.6 Å². The molecule has 13 heteroatoms. The van der Waals surface area contributed by atoms with Gasteiger partial charge in [0.15, 0.2) is 14.9 Å². The molecule has 44 heavy (non-hydrogen) atoms. The van der Waals surface area contributed by atoms with Crippen molar-refractivity contribution in [2.45, 2.75) is 30.3 Å². The molecule has 0 radical (unpaired) electrons. The van der Waals surface area contributed by atoms with Crippen molar-refractivity contribution in [3.8, 4) is 11.3 Å². The highest BCUT2D eigenvalue weighted by molar-refractivity contribution is 7.90. The van der Waals surface area contributed by atoms with E-state index in [-0.39, 0.29) is 41.7 Å². The van der Waals surface area contributed by atoms with Crippen LogP contribution in [-0.4, -0.2) is 66.4 Å². The van der Waals surface area contributed by atoms with Gasteiger partial charge < -0.3 is 25.4 Å². The first kappa shape index (κ1) is 29.4. The lowest BCUT2D eigenvalue weighted by atomic mass is 9.81. The second kappa shape index (κ2) is 11.4. The van der Waals surface area contributed by atoms with Gasteiger partial charge in [-0.1, -0.05) is 18.2 Å². The number of nitrogens with one attached hydrogen (secondary N) is 2. The van der Waals surface area contributed by atoms with Crippen molar-refractivity contribution < 1.29 is 27.9 Å². The van der Waals surface area contributed by atoms with Gasteiger partial charge in [-0.05, 0) is 47.9 Å². The Labute approximate surface area is 254 Å². The summed E-state index contributed by atoms with van der Waals surface area (Å²) in [4.78, 5) is 39.8. The number of rotatable bonds is 8. The fourth-order valence-electron chi connectivity index (χ4n) is 5.43. The van der Waals surface area contributed by atoms with E-state index in [0.29, 0.717) is 53.3 Å². The van der Waals surface area contributed by atoms with Crippen LogP contribution in [0.3, 0.4) is 0 Å². The second-order valence-electron chi connectivity index (χ2n) is 11.0. The molecule has 2 amide bonds. The van der Waals surface area contributed by atoms with Gasteiger partial charge >= 0.3 is 0 Å². The van der Waals surface area contributed by atoms with Crippen LogP contribution in [-0.2, 0) is 31.3 Å². The summed E-state index contributed by atoms with van der Waals surface area (Å²) >= 11 is 0. The molecule has 0 aliphatic carbocycles. The van der Waals surface area contributed by atoms with E-state index in [1.807, 2.05) is 18.2 Å². The molecule has 1 saturated heterocycles. The highest BCUT2D eigenvalue weighted by Crippen LogP contribution is 2.37. The summed E-state index contributed by atoms with van der Waals surface area (Å²) in [7, 11) is -3.72. The number of aliphatic hydroxyl groups excluding tert-OH is 1. The van der Waals surface area contributed by atoms with Crippen LogP contribution in [0.4, 0.5) is 23.0 Å². The van der Waals surface area contributed by atoms with Gasteiger partial charge in [0.1, 0.15) is 11.6 Å². The first-order valence-electron chi connectivity index (χ1n) is 13.9. The van der Waals surface area contributed by atoms with E-state index in [0.717, 1.165) is 11.8 Å². The number of pyridine rings is 3. The van der Waals surface area contributed by atoms with Gasteiger partial charge in [-0.3, -0.25) is 14.6 Å². The predicted octanol–water partition coefficient (Wildman–Crippen LogP) is 3.45. The number of fused-ring (bicyclic) bond motifs is 1. The number of ether oxygens (including phenoxy) is 1. The first-order valence-corrected chi connectivity index (χ1v) is 15.8. The van der Waals surface area contributed by atoms with E-state index >= 15 is 0 Å². The zero-order valence-electron chi connectivity index (χ0n) is 24.1. The highest BCUT2D eigenvalue weighted by atomic mass is 32.2. The Hall–Kier alpha value is -4.72. The first-order chi connectivity index (χ1) is 21.1. The van der Waals surface area contributed by atoms with Crippen LogP contribution in [0.2, 0.25) is 0 Å². The lowest BCUT2D eigenvalue weighted by Gasteiger charge is -2.26. The SMILES string of the molecule is CC(=O)Nc1cc(Nc2cc(C3(CO)CCOC3)cc(S(C)(=O)=O)n2)c(-c2ccc(N3Cc4ccccc4C3=O)cn2)cn1. The number of hydrogen-bond acceptors (Lipinski definition) is 10. The third-order valence-corrected chi connectivity index (χ3v) is 8.80. The number of sulfone groups is 1. The molecule has 226 valence electrons. The third-order valence-electron chi connectivity index (χ3n) is 7.83. The van der Waals surface area contributed by atoms with Crippen LogP contribution in [0.15, 0.2) is 72.0 Å². The van der Waals surface area contributed by atoms with E-state index in [1.54, 1.807) is 41.4 Å². The molecule has 0 saturated carbocycles. The van der Waals surface area contributed by atoms with E-state index in [1.165, 1.54) is 19.2 Å². The highest BCUT2D eigenvalue weighted by Gasteiger charge is 2.37. The minimum atomic E-state index is -3.72. The number of hydrogen-bond donors (Lipinski definition) is 3. The Balaban J connectivity index is 1.38. The smallest absolute Gasteiger partial charge is 0.258 e. The van der Waals surface area contributed by atoms with Crippen molar-refractivity contribution >= 4 is 44.7 Å². The number of carbonyl (C=O) groups is 2. The van der Waals surface area contributed by atoms with Crippen LogP contribution < -0.4 is 15.5 Å². The number of benzene rings is 1. The fourth-order valence-corrected chi connectivity index (χ4v) is 6.04. The molecule has 2 aliphatic rings. The molecule has 1 aromatic carbocycles. The third kappa shape index (κ3) is 5.64. The summed E-state index contributed by atoms with van der Waals surface area (Å²) in [6.07, 6.45) is 4.73. The van der Waals surface area contributed by atoms with Crippen LogP contribution in [0, 0.1) is 0 Å². The number of anilines is 4. The monoisotopic (exact) mass is 614 g/mol. The number of carbonyl (C=O) groups excluding carboxylic acids is 2. The van der Waals surface area contributed by atoms with Crippen molar-refractivity contribution in [2.24, 2.45) is 0 Å². The summed E-state index contributed by atoms with van der Waals surface area (Å²) in [6, 6.07) is 15.8. The molecule has 0 spiro atoms. The molecule has 1 atom stereocenters. The average molecular weight is 615 g/mol. The van der Waals surface area contributed by atoms with E-state index < -0.39 is 15.3 Å². The summed E-state index contributed by atoms with van der Waals surface area (Å²) in [5.74, 6) is 0.0533. The zero-order valence-corrected chi connectivity index (χ0v) is 24.9. The summed E-state index contributed by atoms with van der Waals surface area (Å²) < 4.78 is 30.8. The van der Waals surface area contributed by atoms with Gasteiger partial charge in [-0.25, -0.2) is 18.4 Å². The topological polar surface area (TPSA) is 164 Å². The lowest BCUT2D eigenvalue weighted by molar-refractivity contribution is -0.114. The maximum absolute atomic E-state index is 13.0. The number of amides is 2. The van der Waals surface area contributed by atoms with Crippen LogP contribution in [0.25, 0.3) is 11.3 Å². The molecular formula is C31H30N6O6S. The van der Waals surface area contributed by atoms with Crippen LogP contribution >= 0.6 is 0 Å². The van der Waals surface area contributed by atoms with Crippen molar-refractivity contribution in [1.82, 2.24) is 15.0 Å². The molecule has 6 rings (SSSR count). The van der Waals surface area contributed by atoms with Crippen molar-refractivity contribution in [3.05, 3.63) is 83.7 Å². The fraction of sp³-hybridized carbons (Fsp3) is 0.258. The van der Waals surface area contributed by atoms with E-state index in [9.17, 15) is 23.1 Å². The summed E-state index contributed by atoms with van der Waals surface area (Å²) in [6.45, 7) is 2.26. The molecule has 0 bridgehead atoms. The van der Waals surface area contributed by atoms with Crippen molar-refractivity contribution in [3.63, 3.8) is 0 Å². The van der Waals surface area contributed by atoms with Crippen LogP contribution in [0.1, 0.15) is 34.8 Å². The Morgan fingerprint density at radius 3 is 2.55 bits per heavy atom. The number of aliphatic hydroxyl groups is 1. The minimum absolute atomic E-state index is 0.0974. The normalized spacial score (nSPS) is 17.9. The van der Waals surface area contributed by atoms with Crippen molar-refractivity contribution in [2.75, 3.05) is 41.6 Å². The molecule has 1 unspecified atom stereocenters. The van der Waals surface area contributed by atoms with Crippen LogP contribution in [0.5, 0.6) is 0 Å². The largest absolute Gasteiger partial charge is 0.395 e. The van der Waals surface area contributed by atoms with Gasteiger partial charge in [-0.2, -0.15) is 0 Å². The summed E-state index contributed by atoms with van der Waals surface area (Å²) in [5.41, 5.74) is 3.54. The number of nitrogens with zero attached hydrogens (tertiary/aromatic N) is 4. The maximum Gasteiger partial charge on any atom is 0.258 e. The summed E-state index contributed by atoms with van der Waals surface area (Å²) in [5, 5.41) is 16.0. The molecular weight excluding hydrogens is 584 g/mol. The molecule has 2 aliphatic heterocycles. The van der Waals surface area contributed by atoms with Gasteiger partial charge in [0.05, 0.1) is 43.0 Å². The van der Waals surface area contributed by atoms with Gasteiger partial charge in [0.2, 0.25) is 5.91 Å². The maximum atomic E-state index is 13.0. The average Bonchev–Trinajstić information content (AvgIpc) is 3.62. The molecule has 1 fully saturated rings. The molecule has 12 nitrogen and oxygen atoms in total. The Kier molecular flexibility index (Phi) is 7.61. The second-order valence-corrected chi connectivity index (χ2v) is 12.9. The molecule has 4 aromatic rings. The minimum Gasteiger partial charge on any atom is -0.395 e. The lowest BCUT2D eigenvalue weighted by Crippen LogP contribution is -2.31. The van der Waals surface area contributed by atoms with Crippen molar-refractivity contribution in [1.29, 1.82) is 0 Å².